The predicted molar refractivity (Wildman–Crippen MR) is 186 cm³/mol. The molecule has 6 rings (SSSR count). The number of hydrogen-bond donors (Lipinski definition) is 3. The lowest BCUT2D eigenvalue weighted by molar-refractivity contribution is -0.132. The molecule has 2 amide bonds. The van der Waals surface area contributed by atoms with E-state index in [4.69, 9.17) is 4.74 Å². The van der Waals surface area contributed by atoms with E-state index in [-0.39, 0.29) is 42.4 Å². The fraction of sp³-hybridized carbons (Fsp3) is 0.421. The molecule has 3 atom stereocenters. The van der Waals surface area contributed by atoms with Crippen LogP contribution in [-0.4, -0.2) is 82.4 Å². The molecule has 254 valence electrons. The normalized spacial score (nSPS) is 19.6. The summed E-state index contributed by atoms with van der Waals surface area (Å²) in [5.41, 5.74) is 5.78. The fourth-order valence-electron chi connectivity index (χ4n) is 6.86. The molecule has 3 aromatic rings. The number of halogens is 2. The number of aryl methyl sites for hydroxylation is 1. The number of benzene rings is 3. The molecule has 2 fully saturated rings. The summed E-state index contributed by atoms with van der Waals surface area (Å²) in [5, 5.41) is 23.3. The zero-order valence-electron chi connectivity index (χ0n) is 27.2. The molecule has 3 aliphatic rings. The molecule has 3 N–H and O–H groups in total. The molecular formula is C38H43BrFN3O5. The number of nitrogens with zero attached hydrogens (tertiary/aromatic N) is 2. The highest BCUT2D eigenvalue weighted by molar-refractivity contribution is 9.10. The standard InChI is InChI=1S/C38H43BrFN3O5/c1-24(45)42-21-30-19-33(26-10-8-25(9-11-26)5-4-16-48-36-18-29(40)12-15-34(36)39)37(35(22-42)41-30)38(47)43(31-13-14-31)20-28-7-3-2-6-27(28)17-32(46)23-44/h2-3,6-12,15,18,30-32,35,41,44,46H,4-5,13-14,16-17,19-23H2,1H3/t30?,32-,35+/m0/s1. The van der Waals surface area contributed by atoms with Gasteiger partial charge in [-0.1, -0.05) is 48.5 Å². The van der Waals surface area contributed by atoms with Crippen LogP contribution in [0, 0.1) is 5.82 Å². The number of fused-ring (bicyclic) bond motifs is 2. The van der Waals surface area contributed by atoms with Crippen molar-refractivity contribution in [2.45, 2.75) is 76.2 Å². The molecule has 1 saturated heterocycles. The Morgan fingerprint density at radius 2 is 1.83 bits per heavy atom. The zero-order chi connectivity index (χ0) is 33.8. The predicted octanol–water partition coefficient (Wildman–Crippen LogP) is 5.03. The SMILES string of the molecule is CC(=O)N1CC2CC(c3ccc(CCCOc4cc(F)ccc4Br)cc3)=C(C(=O)N(Cc3ccccc3C[C@H](O)CO)C3CC3)[C@@H](C1)N2. The van der Waals surface area contributed by atoms with Crippen molar-refractivity contribution in [3.05, 3.63) is 105 Å². The average Bonchev–Trinajstić information content (AvgIpc) is 3.93. The summed E-state index contributed by atoms with van der Waals surface area (Å²) in [6.45, 7) is 3.16. The largest absolute Gasteiger partial charge is 0.492 e. The van der Waals surface area contributed by atoms with Crippen molar-refractivity contribution in [3.8, 4) is 5.75 Å². The van der Waals surface area contributed by atoms with Gasteiger partial charge in [-0.15, -0.1) is 0 Å². The van der Waals surface area contributed by atoms with E-state index < -0.39 is 6.10 Å². The van der Waals surface area contributed by atoms with Gasteiger partial charge in [0.1, 0.15) is 11.6 Å². The highest BCUT2D eigenvalue weighted by atomic mass is 79.9. The van der Waals surface area contributed by atoms with Crippen molar-refractivity contribution < 1.29 is 28.9 Å². The van der Waals surface area contributed by atoms with E-state index in [2.05, 4.69) is 45.5 Å². The Labute approximate surface area is 289 Å². The Bertz CT molecular complexity index is 1660. The van der Waals surface area contributed by atoms with E-state index in [1.807, 2.05) is 34.1 Å². The van der Waals surface area contributed by atoms with Crippen molar-refractivity contribution in [1.82, 2.24) is 15.1 Å². The van der Waals surface area contributed by atoms with E-state index in [9.17, 15) is 24.2 Å². The van der Waals surface area contributed by atoms with E-state index >= 15 is 0 Å². The Morgan fingerprint density at radius 1 is 1.08 bits per heavy atom. The summed E-state index contributed by atoms with van der Waals surface area (Å²) in [4.78, 5) is 31.0. The number of aliphatic hydroxyl groups excluding tert-OH is 2. The molecule has 2 heterocycles. The monoisotopic (exact) mass is 719 g/mol. The number of aliphatic hydroxyl groups is 2. The average molecular weight is 721 g/mol. The molecule has 1 unspecified atom stereocenters. The van der Waals surface area contributed by atoms with Gasteiger partial charge >= 0.3 is 0 Å². The maximum absolute atomic E-state index is 14.7. The number of amides is 2. The molecular weight excluding hydrogens is 677 g/mol. The summed E-state index contributed by atoms with van der Waals surface area (Å²) >= 11 is 3.40. The van der Waals surface area contributed by atoms with Crippen LogP contribution in [0.15, 0.2) is 76.8 Å². The van der Waals surface area contributed by atoms with Gasteiger partial charge in [0.25, 0.3) is 5.91 Å². The summed E-state index contributed by atoms with van der Waals surface area (Å²) in [6.07, 6.45) is 3.50. The van der Waals surface area contributed by atoms with Gasteiger partial charge in [-0.25, -0.2) is 4.39 Å². The van der Waals surface area contributed by atoms with Gasteiger partial charge in [0, 0.05) is 56.7 Å². The molecule has 3 aromatic carbocycles. The molecule has 1 aliphatic carbocycles. The van der Waals surface area contributed by atoms with Crippen LogP contribution >= 0.6 is 15.9 Å². The molecule has 8 nitrogen and oxygen atoms in total. The third-order valence-electron chi connectivity index (χ3n) is 9.52. The van der Waals surface area contributed by atoms with Crippen molar-refractivity contribution in [1.29, 1.82) is 0 Å². The van der Waals surface area contributed by atoms with Crippen LogP contribution < -0.4 is 10.1 Å². The van der Waals surface area contributed by atoms with Crippen LogP contribution in [0.25, 0.3) is 5.57 Å². The van der Waals surface area contributed by atoms with Crippen molar-refractivity contribution in [2.24, 2.45) is 0 Å². The maximum atomic E-state index is 14.7. The molecule has 2 bridgehead atoms. The number of rotatable bonds is 13. The van der Waals surface area contributed by atoms with Gasteiger partial charge in [0.05, 0.1) is 29.8 Å². The molecule has 1 saturated carbocycles. The van der Waals surface area contributed by atoms with Crippen LogP contribution in [-0.2, 0) is 29.0 Å². The summed E-state index contributed by atoms with van der Waals surface area (Å²) < 4.78 is 20.1. The second-order valence-corrected chi connectivity index (χ2v) is 14.0. The van der Waals surface area contributed by atoms with Gasteiger partial charge in [-0.05, 0) is 88.0 Å². The lowest BCUT2D eigenvalue weighted by Gasteiger charge is -2.44. The third-order valence-corrected chi connectivity index (χ3v) is 10.2. The molecule has 10 heteroatoms. The summed E-state index contributed by atoms with van der Waals surface area (Å²) in [6, 6.07) is 20.5. The Morgan fingerprint density at radius 3 is 2.54 bits per heavy atom. The number of nitrogens with one attached hydrogen (secondary N) is 1. The lowest BCUT2D eigenvalue weighted by atomic mass is 9.82. The van der Waals surface area contributed by atoms with E-state index in [1.165, 1.54) is 12.1 Å². The minimum absolute atomic E-state index is 0.00950. The highest BCUT2D eigenvalue weighted by Gasteiger charge is 2.43. The van der Waals surface area contributed by atoms with Crippen LogP contribution in [0.1, 0.15) is 54.9 Å². The Kier molecular flexibility index (Phi) is 10.9. The van der Waals surface area contributed by atoms with Crippen LogP contribution in [0.4, 0.5) is 4.39 Å². The first-order chi connectivity index (χ1) is 23.2. The number of piperazine rings is 1. The van der Waals surface area contributed by atoms with Gasteiger partial charge < -0.3 is 30.1 Å². The van der Waals surface area contributed by atoms with Crippen molar-refractivity contribution in [2.75, 3.05) is 26.3 Å². The lowest BCUT2D eigenvalue weighted by Crippen LogP contribution is -2.61. The first-order valence-electron chi connectivity index (χ1n) is 16.8. The second kappa shape index (κ2) is 15.3. The van der Waals surface area contributed by atoms with Crippen LogP contribution in [0.3, 0.4) is 0 Å². The van der Waals surface area contributed by atoms with Gasteiger partial charge in [-0.3, -0.25) is 9.59 Å². The second-order valence-electron chi connectivity index (χ2n) is 13.1. The van der Waals surface area contributed by atoms with E-state index in [0.717, 1.165) is 63.6 Å². The van der Waals surface area contributed by atoms with E-state index in [1.54, 1.807) is 13.0 Å². The van der Waals surface area contributed by atoms with Gasteiger partial charge in [0.2, 0.25) is 5.91 Å². The summed E-state index contributed by atoms with van der Waals surface area (Å²) in [5.74, 6) is 0.141. The highest BCUT2D eigenvalue weighted by Crippen LogP contribution is 2.38. The number of ether oxygens (including phenoxy) is 1. The van der Waals surface area contributed by atoms with Crippen molar-refractivity contribution >= 4 is 33.3 Å². The zero-order valence-corrected chi connectivity index (χ0v) is 28.8. The quantitative estimate of drug-likeness (QED) is 0.214. The first kappa shape index (κ1) is 34.3. The number of hydrogen-bond acceptors (Lipinski definition) is 6. The number of carbonyl (C=O) groups is 2. The van der Waals surface area contributed by atoms with E-state index in [0.29, 0.717) is 44.8 Å². The first-order valence-corrected chi connectivity index (χ1v) is 17.6. The maximum Gasteiger partial charge on any atom is 0.252 e. The topological polar surface area (TPSA) is 102 Å². The minimum atomic E-state index is -0.865. The van der Waals surface area contributed by atoms with Crippen LogP contribution in [0.5, 0.6) is 5.75 Å². The fourth-order valence-corrected chi connectivity index (χ4v) is 7.22. The van der Waals surface area contributed by atoms with Crippen molar-refractivity contribution in [3.63, 3.8) is 0 Å². The minimum Gasteiger partial charge on any atom is -0.492 e. The third kappa shape index (κ3) is 8.17. The van der Waals surface area contributed by atoms with Gasteiger partial charge in [-0.2, -0.15) is 0 Å². The van der Waals surface area contributed by atoms with Gasteiger partial charge in [0.15, 0.2) is 0 Å². The smallest absolute Gasteiger partial charge is 0.252 e. The molecule has 0 aromatic heterocycles. The molecule has 0 spiro atoms. The molecule has 2 aliphatic heterocycles. The number of carbonyl (C=O) groups excluding carboxylic acids is 2. The molecule has 48 heavy (non-hydrogen) atoms. The summed E-state index contributed by atoms with van der Waals surface area (Å²) in [7, 11) is 0. The Balaban J connectivity index is 1.24. The van der Waals surface area contributed by atoms with Crippen LogP contribution in [0.2, 0.25) is 0 Å². The Hall–Kier alpha value is -3.57. The molecule has 0 radical (unpaired) electrons.